The van der Waals surface area contributed by atoms with E-state index in [0.717, 1.165) is 37.8 Å². The lowest BCUT2D eigenvalue weighted by molar-refractivity contribution is 0.312. The van der Waals surface area contributed by atoms with Gasteiger partial charge in [0.2, 0.25) is 0 Å². The molecule has 4 heterocycles. The van der Waals surface area contributed by atoms with E-state index >= 15 is 0 Å². The van der Waals surface area contributed by atoms with Gasteiger partial charge in [-0.15, -0.1) is 10.2 Å². The second-order valence-corrected chi connectivity index (χ2v) is 9.19. The zero-order valence-electron chi connectivity index (χ0n) is 16.3. The van der Waals surface area contributed by atoms with Crippen molar-refractivity contribution in [1.29, 1.82) is 0 Å². The summed E-state index contributed by atoms with van der Waals surface area (Å²) in [5.41, 5.74) is 0. The molecular weight excluding hydrogens is 380 g/mol. The van der Waals surface area contributed by atoms with Crippen LogP contribution in [-0.2, 0) is 17.1 Å². The summed E-state index contributed by atoms with van der Waals surface area (Å²) in [6.07, 6.45) is 3.03. The van der Waals surface area contributed by atoms with Gasteiger partial charge in [0.1, 0.15) is 0 Å². The first-order chi connectivity index (χ1) is 13.4. The van der Waals surface area contributed by atoms with Crippen LogP contribution in [0.3, 0.4) is 0 Å². The number of piperazine rings is 2. The summed E-state index contributed by atoms with van der Waals surface area (Å²) in [5, 5.41) is 8.87. The van der Waals surface area contributed by atoms with Gasteiger partial charge in [-0.3, -0.25) is 0 Å². The van der Waals surface area contributed by atoms with Crippen molar-refractivity contribution in [3.8, 4) is 0 Å². The van der Waals surface area contributed by atoms with Crippen LogP contribution in [0, 0.1) is 0 Å². The molecule has 0 radical (unpaired) electrons. The van der Waals surface area contributed by atoms with Crippen molar-refractivity contribution in [2.24, 2.45) is 7.05 Å². The second kappa shape index (κ2) is 7.64. The van der Waals surface area contributed by atoms with E-state index in [-0.39, 0.29) is 5.03 Å². The van der Waals surface area contributed by atoms with Crippen LogP contribution < -0.4 is 9.80 Å². The molecule has 4 rings (SSSR count). The van der Waals surface area contributed by atoms with Gasteiger partial charge in [-0.2, -0.15) is 4.31 Å². The maximum absolute atomic E-state index is 12.7. The Morgan fingerprint density at radius 1 is 0.821 bits per heavy atom. The molecule has 10 nitrogen and oxygen atoms in total. The lowest BCUT2D eigenvalue weighted by atomic mass is 10.3. The molecular formula is C17H26N8O2S. The van der Waals surface area contributed by atoms with E-state index in [1.54, 1.807) is 11.6 Å². The monoisotopic (exact) mass is 406 g/mol. The van der Waals surface area contributed by atoms with Gasteiger partial charge in [0.15, 0.2) is 16.7 Å². The minimum atomic E-state index is -3.54. The van der Waals surface area contributed by atoms with Crippen molar-refractivity contribution >= 4 is 21.7 Å². The molecule has 0 saturated carbocycles. The maximum atomic E-state index is 12.7. The molecule has 2 aromatic rings. The number of imidazole rings is 1. The summed E-state index contributed by atoms with van der Waals surface area (Å²) in [4.78, 5) is 10.6. The standard InChI is InChI=1S/C17H26N8O2S/c1-21-5-7-23(8-6-21)15-3-4-16(20-19-15)24-9-11-25(12-10-24)28(26,27)17-13-22(2)14-18-17/h3-4,13-14H,5-12H2,1-2H3. The van der Waals surface area contributed by atoms with Crippen LogP contribution in [0.2, 0.25) is 0 Å². The Morgan fingerprint density at radius 3 is 1.82 bits per heavy atom. The summed E-state index contributed by atoms with van der Waals surface area (Å²) in [6, 6.07) is 3.98. The normalized spacial score (nSPS) is 19.9. The average Bonchev–Trinajstić information content (AvgIpc) is 3.16. The second-order valence-electron chi connectivity index (χ2n) is 7.31. The van der Waals surface area contributed by atoms with Crippen molar-refractivity contribution < 1.29 is 8.42 Å². The lowest BCUT2D eigenvalue weighted by Crippen LogP contribution is -2.49. The quantitative estimate of drug-likeness (QED) is 0.670. The predicted octanol–water partition coefficient (Wildman–Crippen LogP) is -0.527. The first-order valence-corrected chi connectivity index (χ1v) is 10.9. The number of rotatable bonds is 4. The summed E-state index contributed by atoms with van der Waals surface area (Å²) in [7, 11) is 0.339. The van der Waals surface area contributed by atoms with Crippen molar-refractivity contribution in [2.75, 3.05) is 69.2 Å². The zero-order chi connectivity index (χ0) is 19.7. The third-order valence-electron chi connectivity index (χ3n) is 5.31. The molecule has 0 aliphatic carbocycles. The summed E-state index contributed by atoms with van der Waals surface area (Å²) in [5.74, 6) is 1.68. The number of likely N-dealkylation sites (N-methyl/N-ethyl adjacent to an activating group) is 1. The highest BCUT2D eigenvalue weighted by atomic mass is 32.2. The highest BCUT2D eigenvalue weighted by Gasteiger charge is 2.30. The van der Waals surface area contributed by atoms with Gasteiger partial charge >= 0.3 is 0 Å². The Hall–Kier alpha value is -2.24. The first-order valence-electron chi connectivity index (χ1n) is 9.44. The number of hydrogen-bond donors (Lipinski definition) is 0. The zero-order valence-corrected chi connectivity index (χ0v) is 17.1. The Bertz CT molecular complexity index is 897. The van der Waals surface area contributed by atoms with Gasteiger partial charge < -0.3 is 19.3 Å². The van der Waals surface area contributed by atoms with E-state index in [1.165, 1.54) is 16.8 Å². The Labute approximate surface area is 165 Å². The molecule has 0 spiro atoms. The summed E-state index contributed by atoms with van der Waals surface area (Å²) < 4.78 is 28.5. The van der Waals surface area contributed by atoms with Gasteiger partial charge in [0.05, 0.1) is 6.33 Å². The van der Waals surface area contributed by atoms with Crippen LogP contribution in [0.25, 0.3) is 0 Å². The molecule has 28 heavy (non-hydrogen) atoms. The van der Waals surface area contributed by atoms with E-state index in [2.05, 4.69) is 36.9 Å². The molecule has 11 heteroatoms. The third-order valence-corrected chi connectivity index (χ3v) is 7.10. The molecule has 0 bridgehead atoms. The van der Waals surface area contributed by atoms with Crippen LogP contribution in [0.1, 0.15) is 0 Å². The van der Waals surface area contributed by atoms with Gasteiger partial charge in [-0.1, -0.05) is 0 Å². The largest absolute Gasteiger partial charge is 0.353 e. The van der Waals surface area contributed by atoms with Crippen LogP contribution in [0.4, 0.5) is 11.6 Å². The summed E-state index contributed by atoms with van der Waals surface area (Å²) in [6.45, 7) is 5.92. The minimum absolute atomic E-state index is 0.0970. The molecule has 2 fully saturated rings. The molecule has 152 valence electrons. The molecule has 0 N–H and O–H groups in total. The fourth-order valence-corrected chi connectivity index (χ4v) is 4.89. The third kappa shape index (κ3) is 3.82. The van der Waals surface area contributed by atoms with Gasteiger partial charge in [0, 0.05) is 65.6 Å². The Morgan fingerprint density at radius 2 is 1.36 bits per heavy atom. The number of aryl methyl sites for hydroxylation is 1. The van der Waals surface area contributed by atoms with Crippen molar-refractivity contribution in [1.82, 2.24) is 29.0 Å². The van der Waals surface area contributed by atoms with E-state index < -0.39 is 10.0 Å². The number of aromatic nitrogens is 4. The predicted molar refractivity (Wildman–Crippen MR) is 106 cm³/mol. The van der Waals surface area contributed by atoms with Gasteiger partial charge in [0.25, 0.3) is 10.0 Å². The fourth-order valence-electron chi connectivity index (χ4n) is 3.50. The van der Waals surface area contributed by atoms with E-state index in [9.17, 15) is 8.42 Å². The SMILES string of the molecule is CN1CCN(c2ccc(N3CCN(S(=O)(=O)c4cn(C)cn4)CC3)nn2)CC1. The summed E-state index contributed by atoms with van der Waals surface area (Å²) >= 11 is 0. The van der Waals surface area contributed by atoms with Crippen molar-refractivity contribution in [3.63, 3.8) is 0 Å². The van der Waals surface area contributed by atoms with Crippen molar-refractivity contribution in [3.05, 3.63) is 24.7 Å². The van der Waals surface area contributed by atoms with Crippen LogP contribution in [-0.4, -0.2) is 96.8 Å². The van der Waals surface area contributed by atoms with Crippen molar-refractivity contribution in [2.45, 2.75) is 5.03 Å². The fraction of sp³-hybridized carbons (Fsp3) is 0.588. The molecule has 0 atom stereocenters. The molecule has 0 aromatic carbocycles. The lowest BCUT2D eigenvalue weighted by Gasteiger charge is -2.35. The maximum Gasteiger partial charge on any atom is 0.262 e. The van der Waals surface area contributed by atoms with Crippen LogP contribution in [0.15, 0.2) is 29.7 Å². The van der Waals surface area contributed by atoms with Gasteiger partial charge in [-0.05, 0) is 19.2 Å². The number of nitrogens with zero attached hydrogens (tertiary/aromatic N) is 8. The smallest absolute Gasteiger partial charge is 0.262 e. The van der Waals surface area contributed by atoms with E-state index in [4.69, 9.17) is 0 Å². The molecule has 2 saturated heterocycles. The number of anilines is 2. The first kappa shape index (κ1) is 19.1. The highest BCUT2D eigenvalue weighted by molar-refractivity contribution is 7.89. The van der Waals surface area contributed by atoms with Crippen LogP contribution in [0.5, 0.6) is 0 Å². The van der Waals surface area contributed by atoms with Crippen LogP contribution >= 0.6 is 0 Å². The topological polar surface area (TPSA) is 90.7 Å². The molecule has 2 aromatic heterocycles. The molecule has 2 aliphatic heterocycles. The van der Waals surface area contributed by atoms with E-state index in [0.29, 0.717) is 26.2 Å². The van der Waals surface area contributed by atoms with E-state index in [1.807, 2.05) is 12.1 Å². The average molecular weight is 407 g/mol. The Kier molecular flexibility index (Phi) is 5.21. The Balaban J connectivity index is 1.37. The molecule has 0 amide bonds. The van der Waals surface area contributed by atoms with Gasteiger partial charge in [-0.25, -0.2) is 13.4 Å². The minimum Gasteiger partial charge on any atom is -0.353 e. The highest BCUT2D eigenvalue weighted by Crippen LogP contribution is 2.20. The number of hydrogen-bond acceptors (Lipinski definition) is 8. The number of sulfonamides is 1. The molecule has 0 unspecified atom stereocenters. The molecule has 2 aliphatic rings.